The van der Waals surface area contributed by atoms with Crippen molar-refractivity contribution < 1.29 is 0 Å². The van der Waals surface area contributed by atoms with Crippen molar-refractivity contribution in [3.8, 4) is 44.5 Å². The van der Waals surface area contributed by atoms with Crippen LogP contribution in [-0.2, 0) is 0 Å². The molecule has 8 heteroatoms. The van der Waals surface area contributed by atoms with Crippen molar-refractivity contribution in [1.29, 1.82) is 0 Å². The van der Waals surface area contributed by atoms with Crippen LogP contribution in [0.25, 0.3) is 50.1 Å². The molecule has 4 saturated heterocycles. The van der Waals surface area contributed by atoms with Crippen molar-refractivity contribution in [2.75, 3.05) is 29.4 Å². The van der Waals surface area contributed by atoms with E-state index in [2.05, 4.69) is 377 Å². The van der Waals surface area contributed by atoms with Crippen LogP contribution in [0, 0.1) is 41.4 Å². The Morgan fingerprint density at radius 2 is 0.857 bits per heavy atom. The van der Waals surface area contributed by atoms with Crippen molar-refractivity contribution in [3.63, 3.8) is 0 Å². The van der Waals surface area contributed by atoms with Crippen molar-refractivity contribution in [3.05, 3.63) is 352 Å². The van der Waals surface area contributed by atoms with Crippen LogP contribution in [0.1, 0.15) is 96.5 Å². The Labute approximate surface area is 703 Å². The van der Waals surface area contributed by atoms with Crippen LogP contribution in [0.5, 0.6) is 0 Å². The summed E-state index contributed by atoms with van der Waals surface area (Å²) in [7, 11) is 0. The molecule has 6 nitrogen and oxygen atoms in total. The third-order valence-electron chi connectivity index (χ3n) is 30.2. The summed E-state index contributed by atoms with van der Waals surface area (Å²) in [6, 6.07) is 120. The number of para-hydroxylation sites is 5. The van der Waals surface area contributed by atoms with E-state index in [4.69, 9.17) is 0 Å². The van der Waals surface area contributed by atoms with E-state index in [-0.39, 0.29) is 19.3 Å². The van der Waals surface area contributed by atoms with E-state index in [1.165, 1.54) is 233 Å². The van der Waals surface area contributed by atoms with Crippen molar-refractivity contribution in [2.24, 2.45) is 41.4 Å². The molecule has 0 amide bonds. The van der Waals surface area contributed by atoms with Gasteiger partial charge >= 0.3 is 0 Å². The van der Waals surface area contributed by atoms with E-state index in [9.17, 15) is 0 Å². The quantitative estimate of drug-likeness (QED) is 0.0542. The summed E-state index contributed by atoms with van der Waals surface area (Å²) in [5.41, 5.74) is 37.1. The van der Waals surface area contributed by atoms with Crippen molar-refractivity contribution >= 4 is 126 Å². The first-order chi connectivity index (χ1) is 58.9. The first-order valence-electron chi connectivity index (χ1n) is 44.7. The van der Waals surface area contributed by atoms with Crippen LogP contribution in [-0.4, -0.2) is 37.6 Å². The summed E-state index contributed by atoms with van der Waals surface area (Å²) < 4.78 is 0. The average molecular weight is 1540 g/mol. The molecule has 7 unspecified atom stereocenters. The summed E-state index contributed by atoms with van der Waals surface area (Å²) in [5, 5.41) is 0. The van der Waals surface area contributed by atoms with Gasteiger partial charge in [0.15, 0.2) is 0 Å². The lowest BCUT2D eigenvalue weighted by Crippen LogP contribution is -2.67. The maximum atomic E-state index is 4.37. The highest BCUT2D eigenvalue weighted by Crippen LogP contribution is 2.63. The number of anilines is 13. The van der Waals surface area contributed by atoms with Crippen LogP contribution < -0.4 is 62.2 Å². The number of allylic oxidation sites excluding steroid dienone is 6. The molecule has 0 aromatic heterocycles. The Kier molecular flexibility index (Phi) is 17.0. The zero-order valence-corrected chi connectivity index (χ0v) is 68.1. The fraction of sp³-hybridized carbons (Fsp3) is 0.225. The zero-order valence-electron chi connectivity index (χ0n) is 68.1. The van der Waals surface area contributed by atoms with Crippen molar-refractivity contribution in [2.45, 2.75) is 115 Å². The lowest BCUT2D eigenvalue weighted by Gasteiger charge is -2.66. The smallest absolute Gasteiger partial charge is 0.252 e. The van der Waals surface area contributed by atoms with Gasteiger partial charge in [0, 0.05) is 126 Å². The van der Waals surface area contributed by atoms with Crippen LogP contribution in [0.3, 0.4) is 0 Å². The second-order valence-electron chi connectivity index (χ2n) is 36.3. The van der Waals surface area contributed by atoms with E-state index >= 15 is 0 Å². The third kappa shape index (κ3) is 11.1. The number of benzene rings is 13. The second-order valence-corrected chi connectivity index (χ2v) is 36.3. The Bertz CT molecular complexity index is 6130. The number of piperidine rings is 4. The number of nitrogens with zero attached hydrogens (tertiary/aromatic N) is 6. The monoisotopic (exact) mass is 1540 g/mol. The maximum absolute atomic E-state index is 4.37. The Morgan fingerprint density at radius 3 is 1.42 bits per heavy atom. The highest BCUT2D eigenvalue weighted by Gasteiger charge is 2.59. The molecule has 9 fully saturated rings. The minimum absolute atomic E-state index is 0.0279. The van der Waals surface area contributed by atoms with Gasteiger partial charge in [0.25, 0.3) is 13.4 Å². The third-order valence-corrected chi connectivity index (χ3v) is 30.2. The number of fused-ring (bicyclic) bond motifs is 8. The van der Waals surface area contributed by atoms with E-state index in [1.54, 1.807) is 0 Å². The molecule has 119 heavy (non-hydrogen) atoms. The van der Waals surface area contributed by atoms with E-state index < -0.39 is 0 Å². The molecule has 0 spiro atoms. The molecule has 13 aromatic rings. The summed E-state index contributed by atoms with van der Waals surface area (Å²) in [6.07, 6.45) is 26.6. The summed E-state index contributed by atoms with van der Waals surface area (Å²) in [4.78, 5) is 17.2. The standard InChI is InChI=1S/C111H98B2N6/c1-4-6-33-71(3)109(87(46-7-5-2)74-34-14-8-15-35-74)117-98-55-28-26-53-94(98)113-97-69-96-101(70-102(97)119(111-90(77-40-20-11-21-41-77)50-32-51-91(111)78-42-22-12-23-43-78)106-68-85(67-104(117)108(106)113)115-83-62-79-63-100(115)92-52-30-47-86(79)93(92)64-83)116(80-44-24-13-25-45-80)103-65-84(114-81-58-72-57-73(60-81)61-82(114)59-72)66-105-107(103)112(96)95-54-27-29-56-99(95)118(105)110-88(75-36-16-9-17-37-75)48-31-49-89(110)76-38-18-10-19-39-76/h5-29,31-46,48-51,53-56,65-73,79,81-83,86,92-93,100H,2,4,30,47,52,57-64H2,1,3H3/b33-6-,46-7-,109-87-. The van der Waals surface area contributed by atoms with E-state index in [1.807, 2.05) is 6.08 Å². The molecule has 578 valence electrons. The van der Waals surface area contributed by atoms with E-state index in [0.717, 1.165) is 41.7 Å². The Morgan fingerprint density at radius 1 is 0.395 bits per heavy atom. The first-order valence-corrected chi connectivity index (χ1v) is 44.7. The summed E-state index contributed by atoms with van der Waals surface area (Å²) in [5.74, 6) is 4.70. The minimum Gasteiger partial charge on any atom is -0.365 e. The molecule has 5 saturated carbocycles. The molecule has 7 atom stereocenters. The fourth-order valence-corrected chi connectivity index (χ4v) is 25.9. The number of hydrogen-bond donors (Lipinski definition) is 0. The van der Waals surface area contributed by atoms with Gasteiger partial charge in [-0.2, -0.15) is 0 Å². The average Bonchev–Trinajstić information content (AvgIpc) is 0.674. The number of rotatable bonds is 16. The molecule has 13 aliphatic rings. The van der Waals surface area contributed by atoms with E-state index in [0.29, 0.717) is 30.1 Å². The second kappa shape index (κ2) is 28.5. The molecule has 5 aliphatic carbocycles. The lowest BCUT2D eigenvalue weighted by molar-refractivity contribution is -0.0593. The van der Waals surface area contributed by atoms with Crippen LogP contribution in [0.2, 0.25) is 0 Å². The summed E-state index contributed by atoms with van der Waals surface area (Å²) in [6.45, 7) is 8.69. The predicted molar refractivity (Wildman–Crippen MR) is 503 cm³/mol. The van der Waals surface area contributed by atoms with Gasteiger partial charge in [-0.1, -0.05) is 306 Å². The fourth-order valence-electron chi connectivity index (χ4n) is 25.9. The van der Waals surface area contributed by atoms with Gasteiger partial charge in [-0.3, -0.25) is 0 Å². The van der Waals surface area contributed by atoms with Gasteiger partial charge in [-0.15, -0.1) is 0 Å². The molecule has 8 heterocycles. The van der Waals surface area contributed by atoms with Gasteiger partial charge in [0.05, 0.1) is 11.4 Å². The van der Waals surface area contributed by atoms with Gasteiger partial charge in [-0.05, 0) is 221 Å². The van der Waals surface area contributed by atoms with Crippen LogP contribution >= 0.6 is 0 Å². The van der Waals surface area contributed by atoms with Gasteiger partial charge in [0.2, 0.25) is 0 Å². The molecule has 10 bridgehead atoms. The lowest BCUT2D eigenvalue weighted by atomic mass is 9.30. The van der Waals surface area contributed by atoms with Gasteiger partial charge in [-0.25, -0.2) is 0 Å². The molecule has 13 aromatic carbocycles. The van der Waals surface area contributed by atoms with Crippen molar-refractivity contribution in [1.82, 2.24) is 0 Å². The minimum atomic E-state index is -0.221. The van der Waals surface area contributed by atoms with Gasteiger partial charge in [0.1, 0.15) is 0 Å². The van der Waals surface area contributed by atoms with Gasteiger partial charge < -0.3 is 29.4 Å². The maximum Gasteiger partial charge on any atom is 0.252 e. The normalized spacial score (nSPS) is 23.1. The molecular formula is C111H98B2N6. The number of hydrogen-bond acceptors (Lipinski definition) is 6. The largest absolute Gasteiger partial charge is 0.365 e. The zero-order chi connectivity index (χ0) is 78.7. The first kappa shape index (κ1) is 70.9. The highest BCUT2D eigenvalue weighted by atomic mass is 15.3. The SMILES string of the molecule is C=C/C=C\C(=C(/C(C)/C=C\CC)N1c2ccccc2B2c3cc4c(cc3N(c3c(-c5ccccc5)cccc3-c3ccccc3)c3cc(N5C6CC7CC5C5CCCC7C5C6)cc1c32)N(c1ccccc1)c1cc(N2C3CC5CC(C3)CC2C5)cc2c1B4c1ccccc1N2c1c(-c2ccccc2)cccc1-c1ccccc1)c1ccccc1. The topological polar surface area (TPSA) is 19.4 Å². The molecular weight excluding hydrogens is 1440 g/mol. The predicted octanol–water partition coefficient (Wildman–Crippen LogP) is 24.1. The van der Waals surface area contributed by atoms with Crippen LogP contribution in [0.15, 0.2) is 346 Å². The summed E-state index contributed by atoms with van der Waals surface area (Å²) >= 11 is 0. The van der Waals surface area contributed by atoms with Crippen LogP contribution in [0.4, 0.5) is 73.9 Å². The molecule has 0 N–H and O–H groups in total. The molecule has 26 rings (SSSR count). The molecule has 8 aliphatic heterocycles. The molecule has 0 radical (unpaired) electrons. The highest BCUT2D eigenvalue weighted by molar-refractivity contribution is 7.03. The Hall–Kier alpha value is -12.3. The Balaban J connectivity index is 0.843.